The van der Waals surface area contributed by atoms with Crippen molar-refractivity contribution in [2.24, 2.45) is 0 Å². The number of thiazole rings is 1. The molecule has 146 valence electrons. The highest BCUT2D eigenvalue weighted by molar-refractivity contribution is 7.13. The van der Waals surface area contributed by atoms with Crippen molar-refractivity contribution in [2.75, 3.05) is 7.11 Å². The Morgan fingerprint density at radius 3 is 2.37 bits per heavy atom. The van der Waals surface area contributed by atoms with Gasteiger partial charge in [0.2, 0.25) is 0 Å². The Balaban J connectivity index is 1.49. The molecule has 5 rings (SSSR count). The zero-order valence-corrected chi connectivity index (χ0v) is 17.0. The Morgan fingerprint density at radius 2 is 1.60 bits per heavy atom. The molecule has 3 aromatic carbocycles. The highest BCUT2D eigenvalue weighted by Crippen LogP contribution is 2.31. The summed E-state index contributed by atoms with van der Waals surface area (Å²) in [7, 11) is 1.61. The Labute approximate surface area is 177 Å². The maximum Gasteiger partial charge on any atom is 0.346 e. The normalized spacial score (nSPS) is 11.0. The molecular formula is C25H17NO3S. The number of nitrogens with zero attached hydrogens (tertiary/aromatic N) is 1. The van der Waals surface area contributed by atoms with Gasteiger partial charge in [0.1, 0.15) is 16.3 Å². The van der Waals surface area contributed by atoms with Gasteiger partial charge in [-0.3, -0.25) is 0 Å². The van der Waals surface area contributed by atoms with Gasteiger partial charge in [0.05, 0.1) is 18.4 Å². The minimum Gasteiger partial charge on any atom is -0.497 e. The van der Waals surface area contributed by atoms with E-state index >= 15 is 0 Å². The van der Waals surface area contributed by atoms with E-state index in [1.54, 1.807) is 19.2 Å². The monoisotopic (exact) mass is 411 g/mol. The molecule has 0 radical (unpaired) electrons. The summed E-state index contributed by atoms with van der Waals surface area (Å²) >= 11 is 1.43. The van der Waals surface area contributed by atoms with E-state index in [0.29, 0.717) is 21.9 Å². The molecule has 4 nitrogen and oxygen atoms in total. The molecule has 0 atom stereocenters. The van der Waals surface area contributed by atoms with Crippen LogP contribution in [0.15, 0.2) is 93.5 Å². The van der Waals surface area contributed by atoms with E-state index in [4.69, 9.17) is 14.1 Å². The van der Waals surface area contributed by atoms with E-state index in [2.05, 4.69) is 36.4 Å². The largest absolute Gasteiger partial charge is 0.497 e. The molecule has 0 saturated heterocycles. The van der Waals surface area contributed by atoms with Crippen LogP contribution in [0, 0.1) is 0 Å². The van der Waals surface area contributed by atoms with Gasteiger partial charge in [-0.1, -0.05) is 54.6 Å². The van der Waals surface area contributed by atoms with Gasteiger partial charge in [-0.05, 0) is 35.4 Å². The van der Waals surface area contributed by atoms with Crippen molar-refractivity contribution < 1.29 is 9.15 Å². The fourth-order valence-corrected chi connectivity index (χ4v) is 4.20. The Morgan fingerprint density at radius 1 is 0.867 bits per heavy atom. The first-order valence-electron chi connectivity index (χ1n) is 9.45. The van der Waals surface area contributed by atoms with E-state index in [1.807, 2.05) is 35.7 Å². The average molecular weight is 411 g/mol. The SMILES string of the molecule is COc1ccc2oc(=O)c(-c3nc(-c4ccc(-c5ccccc5)cc4)cs3)cc2c1. The fourth-order valence-electron chi connectivity index (χ4n) is 3.37. The van der Waals surface area contributed by atoms with Gasteiger partial charge in [0.15, 0.2) is 0 Å². The van der Waals surface area contributed by atoms with Crippen LogP contribution >= 0.6 is 11.3 Å². The van der Waals surface area contributed by atoms with E-state index in [1.165, 1.54) is 16.9 Å². The molecule has 0 unspecified atom stereocenters. The van der Waals surface area contributed by atoms with Gasteiger partial charge in [-0.25, -0.2) is 9.78 Å². The van der Waals surface area contributed by atoms with Gasteiger partial charge < -0.3 is 9.15 Å². The van der Waals surface area contributed by atoms with Crippen LogP contribution in [-0.4, -0.2) is 12.1 Å². The first-order valence-corrected chi connectivity index (χ1v) is 10.3. The summed E-state index contributed by atoms with van der Waals surface area (Å²) in [6, 6.07) is 25.7. The van der Waals surface area contributed by atoms with Crippen molar-refractivity contribution in [1.82, 2.24) is 4.98 Å². The number of fused-ring (bicyclic) bond motifs is 1. The van der Waals surface area contributed by atoms with Crippen LogP contribution in [0.4, 0.5) is 0 Å². The van der Waals surface area contributed by atoms with E-state index < -0.39 is 5.63 Å². The highest BCUT2D eigenvalue weighted by Gasteiger charge is 2.13. The van der Waals surface area contributed by atoms with Gasteiger partial charge in [-0.2, -0.15) is 0 Å². The zero-order valence-electron chi connectivity index (χ0n) is 16.2. The molecule has 0 aliphatic rings. The van der Waals surface area contributed by atoms with Gasteiger partial charge in [0.25, 0.3) is 0 Å². The third-order valence-electron chi connectivity index (χ3n) is 4.96. The molecule has 0 bridgehead atoms. The summed E-state index contributed by atoms with van der Waals surface area (Å²) in [6.45, 7) is 0. The second-order valence-corrected chi connectivity index (χ2v) is 7.69. The smallest absolute Gasteiger partial charge is 0.346 e. The molecule has 0 saturated carbocycles. The number of hydrogen-bond donors (Lipinski definition) is 0. The van der Waals surface area contributed by atoms with Crippen molar-refractivity contribution in [3.05, 3.63) is 94.7 Å². The summed E-state index contributed by atoms with van der Waals surface area (Å²) < 4.78 is 10.8. The predicted octanol–water partition coefficient (Wildman–Crippen LogP) is 6.26. The molecular weight excluding hydrogens is 394 g/mol. The lowest BCUT2D eigenvalue weighted by atomic mass is 10.0. The molecule has 30 heavy (non-hydrogen) atoms. The molecule has 0 amide bonds. The number of benzene rings is 3. The molecule has 0 aliphatic heterocycles. The number of hydrogen-bond acceptors (Lipinski definition) is 5. The number of methoxy groups -OCH3 is 1. The number of rotatable bonds is 4. The summed E-state index contributed by atoms with van der Waals surface area (Å²) in [6.07, 6.45) is 0. The standard InChI is InChI=1S/C25H17NO3S/c1-28-20-11-12-23-19(13-20)14-21(25(27)29-23)24-26-22(15-30-24)18-9-7-17(8-10-18)16-5-3-2-4-6-16/h2-15H,1H3. The quantitative estimate of drug-likeness (QED) is 0.328. The third-order valence-corrected chi connectivity index (χ3v) is 5.84. The second kappa shape index (κ2) is 7.61. The van der Waals surface area contributed by atoms with Gasteiger partial charge in [-0.15, -0.1) is 11.3 Å². The average Bonchev–Trinajstić information content (AvgIpc) is 3.29. The van der Waals surface area contributed by atoms with Crippen molar-refractivity contribution in [2.45, 2.75) is 0 Å². The van der Waals surface area contributed by atoms with Gasteiger partial charge in [0, 0.05) is 16.3 Å². The molecule has 2 aromatic heterocycles. The maximum absolute atomic E-state index is 12.5. The van der Waals surface area contributed by atoms with Crippen molar-refractivity contribution in [1.29, 1.82) is 0 Å². The third kappa shape index (κ3) is 3.40. The predicted molar refractivity (Wildman–Crippen MR) is 121 cm³/mol. The molecule has 0 fully saturated rings. The second-order valence-electron chi connectivity index (χ2n) is 6.83. The minimum atomic E-state index is -0.395. The molecule has 0 N–H and O–H groups in total. The lowest BCUT2D eigenvalue weighted by Gasteiger charge is -2.03. The van der Waals surface area contributed by atoms with Crippen LogP contribution in [0.2, 0.25) is 0 Å². The topological polar surface area (TPSA) is 52.3 Å². The van der Waals surface area contributed by atoms with Crippen molar-refractivity contribution in [3.8, 4) is 38.7 Å². The highest BCUT2D eigenvalue weighted by atomic mass is 32.1. The van der Waals surface area contributed by atoms with E-state index in [9.17, 15) is 4.79 Å². The van der Waals surface area contributed by atoms with Crippen LogP contribution in [0.5, 0.6) is 5.75 Å². The summed E-state index contributed by atoms with van der Waals surface area (Å²) in [4.78, 5) is 17.2. The molecule has 0 spiro atoms. The van der Waals surface area contributed by atoms with E-state index in [-0.39, 0.29) is 0 Å². The maximum atomic E-state index is 12.5. The molecule has 0 aliphatic carbocycles. The number of ether oxygens (including phenoxy) is 1. The Bertz CT molecular complexity index is 1390. The Kier molecular flexibility index (Phi) is 4.65. The molecule has 2 heterocycles. The minimum absolute atomic E-state index is 0.395. The van der Waals surface area contributed by atoms with Crippen molar-refractivity contribution in [3.63, 3.8) is 0 Å². The molecule has 5 heteroatoms. The lowest BCUT2D eigenvalue weighted by molar-refractivity contribution is 0.415. The summed E-state index contributed by atoms with van der Waals surface area (Å²) in [5.41, 5.74) is 4.74. The van der Waals surface area contributed by atoms with Gasteiger partial charge >= 0.3 is 5.63 Å². The van der Waals surface area contributed by atoms with Crippen molar-refractivity contribution >= 4 is 22.3 Å². The first kappa shape index (κ1) is 18.3. The summed E-state index contributed by atoms with van der Waals surface area (Å²) in [5.74, 6) is 0.709. The van der Waals surface area contributed by atoms with Crippen LogP contribution < -0.4 is 10.4 Å². The van der Waals surface area contributed by atoms with Crippen LogP contribution in [0.3, 0.4) is 0 Å². The first-order chi connectivity index (χ1) is 14.7. The van der Waals surface area contributed by atoms with Crippen LogP contribution in [0.25, 0.3) is 43.9 Å². The number of aromatic nitrogens is 1. The Hall–Kier alpha value is -3.70. The molecule has 5 aromatic rings. The van der Waals surface area contributed by atoms with E-state index in [0.717, 1.165) is 22.2 Å². The summed E-state index contributed by atoms with van der Waals surface area (Å²) in [5, 5.41) is 3.39. The fraction of sp³-hybridized carbons (Fsp3) is 0.0400. The van der Waals surface area contributed by atoms with Crippen LogP contribution in [0.1, 0.15) is 0 Å². The van der Waals surface area contributed by atoms with Crippen LogP contribution in [-0.2, 0) is 0 Å². The zero-order chi connectivity index (χ0) is 20.5. The lowest BCUT2D eigenvalue weighted by Crippen LogP contribution is -2.02.